The third kappa shape index (κ3) is 14.9. The van der Waals surface area contributed by atoms with Gasteiger partial charge in [0, 0.05) is 23.5 Å². The van der Waals surface area contributed by atoms with Gasteiger partial charge in [0.05, 0.1) is 23.6 Å². The van der Waals surface area contributed by atoms with Crippen LogP contribution in [0.2, 0.25) is 0 Å². The molecule has 332 valence electrons. The zero-order chi connectivity index (χ0) is 42.5. The molecule has 3 nitrogen and oxygen atoms in total. The van der Waals surface area contributed by atoms with E-state index in [0.29, 0.717) is 11.8 Å². The normalized spacial score (nSPS) is 20.4. The average molecular weight is 825 g/mol. The monoisotopic (exact) mass is 825 g/mol. The predicted molar refractivity (Wildman–Crippen MR) is 261 cm³/mol. The van der Waals surface area contributed by atoms with Gasteiger partial charge in [0.2, 0.25) is 0 Å². The van der Waals surface area contributed by atoms with Crippen molar-refractivity contribution in [1.29, 1.82) is 0 Å². The minimum Gasteiger partial charge on any atom is -0.365 e. The van der Waals surface area contributed by atoms with E-state index < -0.39 is 0 Å². The van der Waals surface area contributed by atoms with Crippen molar-refractivity contribution in [1.82, 2.24) is 9.97 Å². The molecule has 0 aliphatic heterocycles. The Morgan fingerprint density at radius 2 is 0.803 bits per heavy atom. The van der Waals surface area contributed by atoms with Gasteiger partial charge in [0.25, 0.3) is 0 Å². The Hall–Kier alpha value is -3.30. The summed E-state index contributed by atoms with van der Waals surface area (Å²) in [7, 11) is 0. The highest BCUT2D eigenvalue weighted by Crippen LogP contribution is 2.47. The molecule has 0 spiro atoms. The molecule has 4 aromatic rings. The van der Waals surface area contributed by atoms with Gasteiger partial charge in [-0.1, -0.05) is 204 Å². The molecule has 0 amide bonds. The second-order valence-electron chi connectivity index (χ2n) is 19.5. The first kappa shape index (κ1) is 47.2. The molecular formula is C58H84N2O. The molecule has 2 unspecified atom stereocenters. The van der Waals surface area contributed by atoms with Crippen LogP contribution in [0.3, 0.4) is 0 Å². The van der Waals surface area contributed by atoms with Crippen LogP contribution in [0.1, 0.15) is 216 Å². The summed E-state index contributed by atoms with van der Waals surface area (Å²) in [5.74, 6) is 2.83. The molecule has 2 aliphatic carbocycles. The van der Waals surface area contributed by atoms with Crippen LogP contribution < -0.4 is 0 Å². The Kier molecular flexibility index (Phi) is 20.4. The molecule has 2 aromatic heterocycles. The number of unbranched alkanes of at least 4 members (excludes halogenated alkanes) is 10. The highest BCUT2D eigenvalue weighted by atomic mass is 16.5. The van der Waals surface area contributed by atoms with Gasteiger partial charge in [-0.25, -0.2) is 0 Å². The largest absolute Gasteiger partial charge is 0.365 e. The van der Waals surface area contributed by atoms with Crippen molar-refractivity contribution in [3.8, 4) is 22.5 Å². The first-order valence-corrected chi connectivity index (χ1v) is 25.8. The predicted octanol–water partition coefficient (Wildman–Crippen LogP) is 17.6. The van der Waals surface area contributed by atoms with E-state index in [1.54, 1.807) is 0 Å². The molecule has 2 aromatic carbocycles. The molecule has 61 heavy (non-hydrogen) atoms. The number of rotatable bonds is 26. The van der Waals surface area contributed by atoms with Crippen molar-refractivity contribution in [2.45, 2.75) is 207 Å². The summed E-state index contributed by atoms with van der Waals surface area (Å²) in [4.78, 5) is 9.82. The fourth-order valence-corrected chi connectivity index (χ4v) is 10.6. The summed E-state index contributed by atoms with van der Waals surface area (Å²) in [6.07, 6.45) is 38.5. The zero-order valence-electron chi connectivity index (χ0n) is 39.2. The van der Waals surface area contributed by atoms with Crippen LogP contribution in [0.15, 0.2) is 85.2 Å². The first-order valence-electron chi connectivity index (χ1n) is 25.8. The lowest BCUT2D eigenvalue weighted by Gasteiger charge is -2.40. The molecule has 0 N–H and O–H groups in total. The minimum atomic E-state index is 0.0854. The Bertz CT molecular complexity index is 1600. The standard InChI is InChI=1S/C58H84N2O/c1-5-9-13-15-17-21-45-23-29-51(30-24-45)57(53-37-33-49(34-38-53)55-41-27-47(43-59-55)19-11-7-3)61-58(52-31-25-46(26-32-52)22-18-16-14-10-6-2)54-39-35-50(36-40-54)56-42-28-48(44-60-56)20-12-8-4/h27-28,33-46,51-52,57-58H,5-26,29-32H2,1-4H3. The van der Waals surface area contributed by atoms with Crippen molar-refractivity contribution in [2.24, 2.45) is 23.7 Å². The van der Waals surface area contributed by atoms with Gasteiger partial charge in [-0.2, -0.15) is 0 Å². The van der Waals surface area contributed by atoms with Crippen LogP contribution in [-0.2, 0) is 17.6 Å². The highest BCUT2D eigenvalue weighted by molar-refractivity contribution is 5.60. The lowest BCUT2D eigenvalue weighted by Crippen LogP contribution is -2.28. The maximum absolute atomic E-state index is 7.79. The Balaban J connectivity index is 1.23. The first-order chi connectivity index (χ1) is 30.1. The highest BCUT2D eigenvalue weighted by Gasteiger charge is 2.36. The SMILES string of the molecule is CCCCCCCC1CCC(C(OC(c2ccc(-c3ccc(CCCC)cn3)cc2)C2CCC(CCCCCCC)CC2)c2ccc(-c3ccc(CCCC)cn3)cc2)CC1. The van der Waals surface area contributed by atoms with Gasteiger partial charge < -0.3 is 4.74 Å². The van der Waals surface area contributed by atoms with Gasteiger partial charge in [0.15, 0.2) is 0 Å². The molecule has 0 saturated heterocycles. The minimum absolute atomic E-state index is 0.0854. The van der Waals surface area contributed by atoms with Gasteiger partial charge in [-0.3, -0.25) is 9.97 Å². The topological polar surface area (TPSA) is 35.0 Å². The Morgan fingerprint density at radius 1 is 0.426 bits per heavy atom. The van der Waals surface area contributed by atoms with E-state index in [-0.39, 0.29) is 12.2 Å². The van der Waals surface area contributed by atoms with Gasteiger partial charge >= 0.3 is 0 Å². The number of pyridine rings is 2. The average Bonchev–Trinajstić information content (AvgIpc) is 3.31. The Morgan fingerprint density at radius 3 is 1.15 bits per heavy atom. The van der Waals surface area contributed by atoms with E-state index in [9.17, 15) is 0 Å². The van der Waals surface area contributed by atoms with E-state index in [1.807, 2.05) is 0 Å². The number of ether oxygens (including phenoxy) is 1. The molecule has 3 heteroatoms. The smallest absolute Gasteiger partial charge is 0.0861 e. The maximum Gasteiger partial charge on any atom is 0.0861 e. The third-order valence-corrected chi connectivity index (χ3v) is 14.7. The summed E-state index contributed by atoms with van der Waals surface area (Å²) in [6.45, 7) is 9.16. The van der Waals surface area contributed by atoms with Gasteiger partial charge in [-0.05, 0) is 109 Å². The Labute approximate surface area is 373 Å². The summed E-state index contributed by atoms with van der Waals surface area (Å²) in [5.41, 5.74) is 9.89. The van der Waals surface area contributed by atoms with Crippen LogP contribution >= 0.6 is 0 Å². The fraction of sp³-hybridized carbons (Fsp3) is 0.621. The molecule has 0 radical (unpaired) electrons. The van der Waals surface area contributed by atoms with E-state index in [4.69, 9.17) is 14.7 Å². The van der Waals surface area contributed by atoms with Gasteiger partial charge in [0.1, 0.15) is 0 Å². The van der Waals surface area contributed by atoms with Crippen LogP contribution in [0.25, 0.3) is 22.5 Å². The van der Waals surface area contributed by atoms with Crippen molar-refractivity contribution in [3.63, 3.8) is 0 Å². The molecule has 2 atom stereocenters. The molecule has 0 bridgehead atoms. The quantitative estimate of drug-likeness (QED) is 0.0592. The maximum atomic E-state index is 7.79. The van der Waals surface area contributed by atoms with Crippen LogP contribution in [0.5, 0.6) is 0 Å². The second-order valence-corrected chi connectivity index (χ2v) is 19.5. The second kappa shape index (κ2) is 26.4. The lowest BCUT2D eigenvalue weighted by atomic mass is 9.74. The molecule has 6 rings (SSSR count). The third-order valence-electron chi connectivity index (χ3n) is 14.7. The number of benzene rings is 2. The molecular weight excluding hydrogens is 741 g/mol. The molecule has 2 saturated carbocycles. The van der Waals surface area contributed by atoms with E-state index in [1.165, 1.54) is 187 Å². The van der Waals surface area contributed by atoms with Gasteiger partial charge in [-0.15, -0.1) is 0 Å². The molecule has 2 fully saturated rings. The molecule has 2 aliphatic rings. The van der Waals surface area contributed by atoms with Crippen molar-refractivity contribution in [2.75, 3.05) is 0 Å². The van der Waals surface area contributed by atoms with Crippen molar-refractivity contribution >= 4 is 0 Å². The fourth-order valence-electron chi connectivity index (χ4n) is 10.6. The summed E-state index contributed by atoms with van der Waals surface area (Å²) >= 11 is 0. The van der Waals surface area contributed by atoms with Crippen LogP contribution in [-0.4, -0.2) is 9.97 Å². The van der Waals surface area contributed by atoms with Crippen LogP contribution in [0.4, 0.5) is 0 Å². The summed E-state index contributed by atoms with van der Waals surface area (Å²) < 4.78 is 7.79. The van der Waals surface area contributed by atoms with E-state index in [0.717, 1.165) is 36.1 Å². The van der Waals surface area contributed by atoms with E-state index >= 15 is 0 Å². The van der Waals surface area contributed by atoms with Crippen LogP contribution in [0, 0.1) is 23.7 Å². The van der Waals surface area contributed by atoms with E-state index in [2.05, 4.69) is 113 Å². The lowest BCUT2D eigenvalue weighted by molar-refractivity contribution is -0.0907. The van der Waals surface area contributed by atoms with Crippen molar-refractivity contribution in [3.05, 3.63) is 107 Å². The molecule has 2 heterocycles. The number of hydrogen-bond donors (Lipinski definition) is 0. The number of aryl methyl sites for hydroxylation is 2. The number of nitrogens with zero attached hydrogens (tertiary/aromatic N) is 2. The number of aromatic nitrogens is 2. The van der Waals surface area contributed by atoms with Crippen molar-refractivity contribution < 1.29 is 4.74 Å². The zero-order valence-corrected chi connectivity index (χ0v) is 39.2. The summed E-state index contributed by atoms with van der Waals surface area (Å²) in [6, 6.07) is 27.8. The summed E-state index contributed by atoms with van der Waals surface area (Å²) in [5, 5.41) is 0. The number of hydrogen-bond acceptors (Lipinski definition) is 3.